The molecule has 8 rings (SSSR count). The van der Waals surface area contributed by atoms with Crippen molar-refractivity contribution in [2.75, 3.05) is 0 Å². The van der Waals surface area contributed by atoms with Crippen LogP contribution < -0.4 is 0 Å². The van der Waals surface area contributed by atoms with Gasteiger partial charge in [0, 0.05) is 262 Å². The minimum Gasteiger partial charge on any atom is 0 e. The molecule has 0 spiro atoms. The predicted molar refractivity (Wildman–Crippen MR) is 578 cm³/mol. The van der Waals surface area contributed by atoms with Crippen LogP contribution in [-0.4, -0.2) is 167 Å². The quantitative estimate of drug-likeness (QED) is 0.0271. The summed E-state index contributed by atoms with van der Waals surface area (Å²) in [6.45, 7) is 91.9. The molecule has 25 heteroatoms. The second-order valence-corrected chi connectivity index (χ2v) is 89.1. The largest absolute Gasteiger partial charge is 0 e. The molecular weight excluding hydrogens is 2830 g/mol. The molecule has 0 aromatic carbocycles. The van der Waals surface area contributed by atoms with E-state index in [9.17, 15) is 0 Å². The fourth-order valence-corrected chi connectivity index (χ4v) is 27.9. The van der Waals surface area contributed by atoms with E-state index in [1.165, 1.54) is 114 Å². The fraction of sp³-hybridized carbons (Fsp3) is 0.612. The topological polar surface area (TPSA) is 0 Å². The Morgan fingerprint density at radius 1 is 0.219 bits per heavy atom. The summed E-state index contributed by atoms with van der Waals surface area (Å²) in [5.41, 5.74) is 12.5. The van der Waals surface area contributed by atoms with Gasteiger partial charge in [0.2, 0.25) is 0 Å². The molecule has 0 nitrogen and oxygen atoms in total. The van der Waals surface area contributed by atoms with Crippen molar-refractivity contribution in [2.45, 2.75) is 389 Å². The van der Waals surface area contributed by atoms with Gasteiger partial charge in [-0.2, -0.15) is 0 Å². The van der Waals surface area contributed by atoms with Crippen LogP contribution in [0.3, 0.4) is 0 Å². The molecule has 0 fully saturated rings. The van der Waals surface area contributed by atoms with Crippen LogP contribution in [0.4, 0.5) is 0 Å². The number of rotatable bonds is 36. The summed E-state index contributed by atoms with van der Waals surface area (Å²) in [6, 6.07) is 31.1. The Labute approximate surface area is 1110 Å². The van der Waals surface area contributed by atoms with Crippen molar-refractivity contribution in [1.29, 1.82) is 0 Å². The molecule has 0 bridgehead atoms. The van der Waals surface area contributed by atoms with Crippen LogP contribution >= 0.6 is 90.7 Å². The van der Waals surface area contributed by atoms with Gasteiger partial charge in [-0.15, -0.1) is 0 Å². The van der Waals surface area contributed by atoms with E-state index in [1.54, 1.807) is 56.2 Å². The molecule has 0 saturated heterocycles. The summed E-state index contributed by atoms with van der Waals surface area (Å²) in [5, 5.41) is 0. The Morgan fingerprint density at radius 2 is 0.375 bits per heavy atom. The second-order valence-electron chi connectivity index (χ2n) is 44.9. The van der Waals surface area contributed by atoms with E-state index in [1.807, 2.05) is 90.7 Å². The van der Waals surface area contributed by atoms with Gasteiger partial charge in [-0.05, 0) is 0 Å². The molecule has 0 saturated carbocycles. The first-order valence-corrected chi connectivity index (χ1v) is 70.9. The molecule has 0 aliphatic heterocycles. The minimum absolute atomic E-state index is 0. The molecule has 0 N–H and O–H groups in total. The standard InChI is InChI=1S/3C26H36S2.C25H33S2.9Ga.8Y.18H/c1-15(2)19(9)11-21-14-24(28-25(21)18(7)8)26-22(12-20(10)16(3)4)13-23(27-26)17(5)6;1-11-26(9,10)15-21-14-22(17(4)5)27-25(21)23-13-20(12-19(8)16(2)3)24(28-23)18(6)7;1-11-26(9,10)15-21-14-23(28-24(21)18(6)7)25-20(12-19(8)16(2)3)13-22(27-25)17(4)5;1-10-18(7)12-19-13-21(16(3)4)26-24(19)22-14-20(15-25(8,9)11-2)23(27-22)17(5)6;;;;;;;;;;;;;;;;;;;;;;;;;;;;;;;;;;;/h17-18H,11-12H2,1-10H3;2*17-18H,12,15H2,1-10H3;16-17H,12,15H2,1-9H3;;;;;;;;;;;;;;;;;;;;;;;;;;;;;;;;;;;/q4*-4;;;;;;;;;;;;;;;;;;;;;;;;;;;;;;;;;;;. The van der Waals surface area contributed by atoms with Crippen LogP contribution in [0.2, 0.25) is 19.8 Å². The van der Waals surface area contributed by atoms with Crippen LogP contribution in [0.5, 0.6) is 0 Å². The van der Waals surface area contributed by atoms with Gasteiger partial charge >= 0.3 is 876 Å². The second kappa shape index (κ2) is 63.7. The van der Waals surface area contributed by atoms with Crippen LogP contribution in [0.25, 0.3) is 39.0 Å². The van der Waals surface area contributed by atoms with Gasteiger partial charge in [-0.25, -0.2) is 0 Å². The summed E-state index contributed by atoms with van der Waals surface area (Å²) in [7, 11) is 0. The molecule has 128 heavy (non-hydrogen) atoms. The predicted octanol–water partition coefficient (Wildman–Crippen LogP) is 26.9. The Bertz CT molecular complexity index is 3950. The van der Waals surface area contributed by atoms with Gasteiger partial charge < -0.3 is 0 Å². The van der Waals surface area contributed by atoms with Crippen molar-refractivity contribution in [3.05, 3.63) is 174 Å². The van der Waals surface area contributed by atoms with Crippen LogP contribution in [0.15, 0.2) is 0 Å². The molecule has 8 aromatic heterocycles. The third kappa shape index (κ3) is 43.6. The van der Waals surface area contributed by atoms with E-state index in [0.29, 0.717) is 72.6 Å². The average Bonchev–Trinajstić information content (AvgIpc) is 1.65. The van der Waals surface area contributed by atoms with Crippen molar-refractivity contribution in [3.8, 4) is 39.0 Å². The first-order valence-electron chi connectivity index (χ1n) is 45.5. The van der Waals surface area contributed by atoms with Gasteiger partial charge in [0.1, 0.15) is 0 Å². The van der Waals surface area contributed by atoms with Crippen LogP contribution in [-0.2, 0) is 313 Å². The van der Waals surface area contributed by atoms with Gasteiger partial charge in [0.05, 0.1) is 0 Å². The maximum absolute atomic E-state index is 3.93. The average molecular weight is 2990 g/mol. The zero-order valence-corrected chi connectivity index (χ0v) is 157. The monoisotopic (exact) mass is 2980 g/mol. The molecule has 5 unspecified atom stereocenters. The van der Waals surface area contributed by atoms with Gasteiger partial charge in [0.25, 0.3) is 0 Å². The fourth-order valence-electron chi connectivity index (χ4n) is 13.2. The molecule has 686 valence electrons. The molecule has 5 atom stereocenters. The third-order valence-electron chi connectivity index (χ3n) is 26.9. The summed E-state index contributed by atoms with van der Waals surface area (Å²) in [5.74, 6) is 10.7. The molecule has 8 radical (unpaired) electrons. The maximum Gasteiger partial charge on any atom is 0 e. The Kier molecular flexibility index (Phi) is 72.9. The zero-order chi connectivity index (χ0) is 92.1. The van der Waals surface area contributed by atoms with Crippen molar-refractivity contribution < 1.29 is 262 Å². The Hall–Kier alpha value is 12.2. The summed E-state index contributed by atoms with van der Waals surface area (Å²) in [6.07, 6.45) is 9.10. The van der Waals surface area contributed by atoms with E-state index >= 15 is 0 Å². The maximum atomic E-state index is 3.93. The number of hydrogen-bond donors (Lipinski definition) is 0. The van der Waals surface area contributed by atoms with Crippen molar-refractivity contribution >= 4 is 258 Å². The van der Waals surface area contributed by atoms with Crippen LogP contribution in [0, 0.1) is 106 Å². The van der Waals surface area contributed by atoms with Gasteiger partial charge in [-0.3, -0.25) is 0 Å². The molecule has 8 heterocycles. The van der Waals surface area contributed by atoms with Crippen molar-refractivity contribution in [2.24, 2.45) is 16.2 Å². The summed E-state index contributed by atoms with van der Waals surface area (Å²) >= 11 is 22.9. The number of hydrogen-bond acceptors (Lipinski definition) is 8. The first-order chi connectivity index (χ1) is 54.6. The van der Waals surface area contributed by atoms with Gasteiger partial charge in [-0.1, -0.05) is 0 Å². The molecule has 0 amide bonds. The van der Waals surface area contributed by atoms with E-state index in [-0.39, 0.29) is 273 Å². The Balaban J connectivity index is -0.000000784. The Morgan fingerprint density at radius 3 is 0.531 bits per heavy atom. The third-order valence-corrected chi connectivity index (χ3v) is 69.0. The molecule has 0 aliphatic carbocycles. The molecular formula is C103H159Ga9S8Y8-16. The van der Waals surface area contributed by atoms with E-state index in [4.69, 9.17) is 0 Å². The number of thiophene rings is 8. The summed E-state index contributed by atoms with van der Waals surface area (Å²) < 4.78 is 8.78. The van der Waals surface area contributed by atoms with E-state index in [2.05, 4.69) is 319 Å². The molecule has 0 aliphatic rings. The van der Waals surface area contributed by atoms with Crippen molar-refractivity contribution in [1.82, 2.24) is 0 Å². The van der Waals surface area contributed by atoms with E-state index < -0.39 is 0 Å². The summed E-state index contributed by atoms with van der Waals surface area (Å²) in [4.78, 5) is 23.0. The zero-order valence-electron chi connectivity index (χ0n) is 90.2. The normalized spacial score (nSPS) is 14.4. The smallest absolute Gasteiger partial charge is 0 e. The van der Waals surface area contributed by atoms with Crippen molar-refractivity contribution in [3.63, 3.8) is 0 Å². The van der Waals surface area contributed by atoms with E-state index in [0.717, 1.165) is 212 Å². The van der Waals surface area contributed by atoms with Gasteiger partial charge in [0.15, 0.2) is 0 Å². The SMILES string of the molecule is C[C-](C)[C](C)([GaH2])Cc1[c-]c(C(C)C)sc1-c1[c-]c(C[C](C)([GaH2])[C-](C)C)c(C(C)C)s1.C[C-]([GaH2])C(C)(C)Cc1[c-]c(-c2sc(C(C)C)[c-]c2C[C](C)([GaH2])[C-](C)C)sc1C(C)C.C[C-]([GaH2])C(C)(C)Cc1[c-]c(-c2sc(C(C)C)[c-]c2C[C](C)([GaH2])[C-](C)[GaH2])sc1C(C)C.C[C-]([GaH2])C(C)(C)Cc1[c-]c(C(C)C)sc1-c1[c-]c(C[C](C)([GaH2])[C-](C)C)c(C(C)C)s1.[Y].[Y].[Y].[Y].[Y].[Y].[Y].[Y]. The minimum atomic E-state index is 0. The van der Waals surface area contributed by atoms with Crippen LogP contribution in [0.1, 0.15) is 401 Å². The molecule has 8 aromatic rings. The first kappa shape index (κ1) is 146.